The van der Waals surface area contributed by atoms with Crippen molar-refractivity contribution < 1.29 is 5.11 Å². The lowest BCUT2D eigenvalue weighted by atomic mass is 9.98. The smallest absolute Gasteiger partial charge is 0.0860 e. The highest BCUT2D eigenvalue weighted by Crippen LogP contribution is 2.48. The van der Waals surface area contributed by atoms with Crippen LogP contribution < -0.4 is 5.32 Å². The second-order valence-electron chi connectivity index (χ2n) is 5.88. The van der Waals surface area contributed by atoms with Gasteiger partial charge < -0.3 is 10.4 Å². The Kier molecular flexibility index (Phi) is 3.66. The summed E-state index contributed by atoms with van der Waals surface area (Å²) in [5, 5.41) is 17.5. The van der Waals surface area contributed by atoms with Crippen LogP contribution in [0.4, 0.5) is 0 Å². The summed E-state index contributed by atoms with van der Waals surface area (Å²) >= 11 is 0. The minimum absolute atomic E-state index is 0.344. The number of aliphatic hydroxyl groups excluding tert-OH is 1. The van der Waals surface area contributed by atoms with Crippen molar-refractivity contribution in [2.75, 3.05) is 13.1 Å². The maximum Gasteiger partial charge on any atom is 0.0860 e. The van der Waals surface area contributed by atoms with Crippen LogP contribution in [0.1, 0.15) is 25.7 Å². The Morgan fingerprint density at radius 3 is 2.50 bits per heavy atom. The fourth-order valence-electron chi connectivity index (χ4n) is 2.87. The summed E-state index contributed by atoms with van der Waals surface area (Å²) in [5.74, 6) is 2.84. The lowest BCUT2D eigenvalue weighted by Crippen LogP contribution is -2.34. The molecule has 3 rings (SSSR count). The molecule has 0 aromatic carbocycles. The Morgan fingerprint density at radius 1 is 1.22 bits per heavy atom. The van der Waals surface area contributed by atoms with Crippen LogP contribution in [-0.4, -0.2) is 34.1 Å². The Bertz CT molecular complexity index is 345. The molecule has 0 saturated heterocycles. The van der Waals surface area contributed by atoms with Crippen LogP contribution in [0.15, 0.2) is 18.5 Å². The van der Waals surface area contributed by atoms with Gasteiger partial charge in [0.15, 0.2) is 0 Å². The summed E-state index contributed by atoms with van der Waals surface area (Å²) in [7, 11) is 0. The summed E-state index contributed by atoms with van der Waals surface area (Å²) < 4.78 is 1.78. The Hall–Kier alpha value is -0.870. The predicted molar refractivity (Wildman–Crippen MR) is 70.0 cm³/mol. The van der Waals surface area contributed by atoms with E-state index in [9.17, 15) is 5.11 Å². The van der Waals surface area contributed by atoms with E-state index in [2.05, 4.69) is 10.4 Å². The van der Waals surface area contributed by atoms with Gasteiger partial charge in [0.1, 0.15) is 0 Å². The Labute approximate surface area is 108 Å². The molecule has 100 valence electrons. The maximum absolute atomic E-state index is 9.92. The minimum Gasteiger partial charge on any atom is -0.390 e. The van der Waals surface area contributed by atoms with Crippen LogP contribution in [0.5, 0.6) is 0 Å². The molecular formula is C14H23N3O. The third kappa shape index (κ3) is 3.33. The van der Waals surface area contributed by atoms with Crippen molar-refractivity contribution in [3.05, 3.63) is 18.5 Å². The predicted octanol–water partition coefficient (Wildman–Crippen LogP) is 1.27. The number of hydrogen-bond donors (Lipinski definition) is 2. The first kappa shape index (κ1) is 12.2. The van der Waals surface area contributed by atoms with Gasteiger partial charge in [-0.25, -0.2) is 0 Å². The van der Waals surface area contributed by atoms with Gasteiger partial charge >= 0.3 is 0 Å². The molecule has 1 atom stereocenters. The summed E-state index contributed by atoms with van der Waals surface area (Å²) in [4.78, 5) is 0. The minimum atomic E-state index is -0.344. The largest absolute Gasteiger partial charge is 0.390 e. The first-order valence-electron chi connectivity index (χ1n) is 7.19. The van der Waals surface area contributed by atoms with Gasteiger partial charge in [0.25, 0.3) is 0 Å². The molecule has 1 aromatic rings. The number of nitrogens with zero attached hydrogens (tertiary/aromatic N) is 2. The molecule has 4 heteroatoms. The third-order valence-electron chi connectivity index (χ3n) is 4.17. The van der Waals surface area contributed by atoms with Crippen molar-refractivity contribution in [2.45, 2.75) is 38.3 Å². The summed E-state index contributed by atoms with van der Waals surface area (Å²) in [5.41, 5.74) is 0. The van der Waals surface area contributed by atoms with E-state index in [1.807, 2.05) is 12.3 Å². The molecule has 18 heavy (non-hydrogen) atoms. The normalized spacial score (nSPS) is 21.4. The second-order valence-corrected chi connectivity index (χ2v) is 5.88. The van der Waals surface area contributed by atoms with Crippen LogP contribution in [0.2, 0.25) is 0 Å². The van der Waals surface area contributed by atoms with Crippen molar-refractivity contribution in [3.8, 4) is 0 Å². The second kappa shape index (κ2) is 5.41. The van der Waals surface area contributed by atoms with Gasteiger partial charge in [-0.1, -0.05) is 0 Å². The van der Waals surface area contributed by atoms with Gasteiger partial charge in [-0.2, -0.15) is 5.10 Å². The number of aromatic nitrogens is 2. The van der Waals surface area contributed by atoms with E-state index < -0.39 is 0 Å². The van der Waals surface area contributed by atoms with Crippen molar-refractivity contribution in [1.29, 1.82) is 0 Å². The number of hydrogen-bond acceptors (Lipinski definition) is 3. The third-order valence-corrected chi connectivity index (χ3v) is 4.17. The van der Waals surface area contributed by atoms with Gasteiger partial charge in [-0.15, -0.1) is 0 Å². The van der Waals surface area contributed by atoms with Crippen LogP contribution in [-0.2, 0) is 6.54 Å². The van der Waals surface area contributed by atoms with E-state index in [4.69, 9.17) is 0 Å². The van der Waals surface area contributed by atoms with Crippen LogP contribution in [0.3, 0.4) is 0 Å². The van der Waals surface area contributed by atoms with Crippen molar-refractivity contribution in [2.24, 2.45) is 17.8 Å². The lowest BCUT2D eigenvalue weighted by molar-refractivity contribution is 0.144. The SMILES string of the molecule is OC(CNCC(C1CC1)C1CC1)Cn1cccn1. The van der Waals surface area contributed by atoms with Crippen molar-refractivity contribution in [1.82, 2.24) is 15.1 Å². The molecule has 1 unspecified atom stereocenters. The van der Waals surface area contributed by atoms with Gasteiger partial charge in [0.05, 0.1) is 12.6 Å². The van der Waals surface area contributed by atoms with E-state index in [0.29, 0.717) is 13.1 Å². The van der Waals surface area contributed by atoms with Gasteiger partial charge in [-0.05, 0) is 56.0 Å². The zero-order valence-corrected chi connectivity index (χ0v) is 10.8. The molecular weight excluding hydrogens is 226 g/mol. The van der Waals surface area contributed by atoms with E-state index >= 15 is 0 Å². The Morgan fingerprint density at radius 2 is 1.94 bits per heavy atom. The molecule has 0 bridgehead atoms. The quantitative estimate of drug-likeness (QED) is 0.729. The van der Waals surface area contributed by atoms with Crippen LogP contribution in [0.25, 0.3) is 0 Å². The van der Waals surface area contributed by atoms with Gasteiger partial charge in [-0.3, -0.25) is 4.68 Å². The van der Waals surface area contributed by atoms with Crippen LogP contribution in [0, 0.1) is 17.8 Å². The first-order chi connectivity index (χ1) is 8.83. The average molecular weight is 249 g/mol. The molecule has 2 saturated carbocycles. The number of aliphatic hydroxyl groups is 1. The molecule has 2 aliphatic rings. The van der Waals surface area contributed by atoms with E-state index in [1.165, 1.54) is 25.7 Å². The van der Waals surface area contributed by atoms with Crippen molar-refractivity contribution >= 4 is 0 Å². The summed E-state index contributed by atoms with van der Waals surface area (Å²) in [6, 6.07) is 1.89. The number of nitrogens with one attached hydrogen (secondary N) is 1. The summed E-state index contributed by atoms with van der Waals surface area (Å²) in [6.07, 6.45) is 9.01. The molecule has 2 fully saturated rings. The molecule has 0 amide bonds. The fraction of sp³-hybridized carbons (Fsp3) is 0.786. The van der Waals surface area contributed by atoms with Crippen molar-refractivity contribution in [3.63, 3.8) is 0 Å². The highest BCUT2D eigenvalue weighted by molar-refractivity contribution is 4.92. The standard InChI is InChI=1S/C14H23N3O/c18-13(10-17-7-1-6-16-17)8-15-9-14(11-2-3-11)12-4-5-12/h1,6-7,11-15,18H,2-5,8-10H2. The molecule has 1 aromatic heterocycles. The van der Waals surface area contributed by atoms with E-state index in [1.54, 1.807) is 10.9 Å². The topological polar surface area (TPSA) is 50.1 Å². The molecule has 0 aliphatic heterocycles. The zero-order valence-electron chi connectivity index (χ0n) is 10.8. The maximum atomic E-state index is 9.92. The zero-order chi connectivity index (χ0) is 12.4. The molecule has 0 radical (unpaired) electrons. The van der Waals surface area contributed by atoms with Crippen LogP contribution >= 0.6 is 0 Å². The molecule has 2 N–H and O–H groups in total. The summed E-state index contributed by atoms with van der Waals surface area (Å²) in [6.45, 7) is 2.35. The molecule has 0 spiro atoms. The highest BCUT2D eigenvalue weighted by atomic mass is 16.3. The van der Waals surface area contributed by atoms with E-state index in [-0.39, 0.29) is 6.10 Å². The van der Waals surface area contributed by atoms with E-state index in [0.717, 1.165) is 24.3 Å². The van der Waals surface area contributed by atoms with Gasteiger partial charge in [0.2, 0.25) is 0 Å². The molecule has 4 nitrogen and oxygen atoms in total. The lowest BCUT2D eigenvalue weighted by Gasteiger charge is -2.18. The molecule has 2 aliphatic carbocycles. The fourth-order valence-corrected chi connectivity index (χ4v) is 2.87. The average Bonchev–Trinajstić information content (AvgIpc) is 3.27. The number of rotatable bonds is 8. The first-order valence-corrected chi connectivity index (χ1v) is 7.19. The Balaban J connectivity index is 1.35. The monoisotopic (exact) mass is 249 g/mol. The highest BCUT2D eigenvalue weighted by Gasteiger charge is 2.40. The van der Waals surface area contributed by atoms with Gasteiger partial charge in [0, 0.05) is 18.9 Å². The molecule has 1 heterocycles.